The highest BCUT2D eigenvalue weighted by Gasteiger charge is 2.14. The van der Waals surface area contributed by atoms with Crippen LogP contribution in [0, 0.1) is 0 Å². The average molecular weight is 249 g/mol. The quantitative estimate of drug-likeness (QED) is 0.844. The molecule has 0 saturated heterocycles. The zero-order valence-corrected chi connectivity index (χ0v) is 9.50. The number of aromatic nitrogens is 1. The van der Waals surface area contributed by atoms with Gasteiger partial charge in [-0.05, 0) is 6.07 Å². The van der Waals surface area contributed by atoms with Gasteiger partial charge in [-0.3, -0.25) is 0 Å². The minimum Gasteiger partial charge on any atom is -0.493 e. The number of nitrogens with two attached hydrogens (primary N) is 1. The van der Waals surface area contributed by atoms with Gasteiger partial charge in [0.05, 0.1) is 21.9 Å². The summed E-state index contributed by atoms with van der Waals surface area (Å²) in [5.41, 5.74) is 6.20. The summed E-state index contributed by atoms with van der Waals surface area (Å²) >= 11 is 13.2. The Labute approximate surface area is 94.4 Å². The standard InChI is InChI=1S/C8H6Cl2N2OS/c1-13-6-3(9)2-4(10)7-5(6)12-8(11)14-7/h2H,1H3,(H2,11,12). The normalized spacial score (nSPS) is 10.8. The summed E-state index contributed by atoms with van der Waals surface area (Å²) in [6, 6.07) is 1.63. The van der Waals surface area contributed by atoms with E-state index >= 15 is 0 Å². The van der Waals surface area contributed by atoms with E-state index < -0.39 is 0 Å². The molecular weight excluding hydrogens is 243 g/mol. The molecule has 0 atom stereocenters. The summed E-state index contributed by atoms with van der Waals surface area (Å²) in [6.07, 6.45) is 0. The van der Waals surface area contributed by atoms with E-state index in [1.807, 2.05) is 0 Å². The lowest BCUT2D eigenvalue weighted by atomic mass is 10.3. The van der Waals surface area contributed by atoms with Crippen molar-refractivity contribution in [1.82, 2.24) is 4.98 Å². The van der Waals surface area contributed by atoms with Crippen molar-refractivity contribution in [2.24, 2.45) is 0 Å². The molecule has 1 heterocycles. The van der Waals surface area contributed by atoms with Crippen LogP contribution in [0.2, 0.25) is 10.0 Å². The van der Waals surface area contributed by atoms with E-state index in [4.69, 9.17) is 33.7 Å². The Kier molecular flexibility index (Phi) is 2.43. The Bertz CT molecular complexity index is 498. The Hall–Kier alpha value is -0.710. The zero-order valence-electron chi connectivity index (χ0n) is 7.17. The second-order valence-corrected chi connectivity index (χ2v) is 4.45. The van der Waals surface area contributed by atoms with E-state index in [2.05, 4.69) is 4.98 Å². The first-order valence-corrected chi connectivity index (χ1v) is 5.28. The molecule has 0 spiro atoms. The second kappa shape index (κ2) is 3.46. The molecule has 0 unspecified atom stereocenters. The summed E-state index contributed by atoms with van der Waals surface area (Å²) < 4.78 is 5.92. The lowest BCUT2D eigenvalue weighted by molar-refractivity contribution is 0.419. The number of nitrogen functional groups attached to an aromatic ring is 1. The summed E-state index contributed by atoms with van der Waals surface area (Å²) in [6.45, 7) is 0. The summed E-state index contributed by atoms with van der Waals surface area (Å²) in [5.74, 6) is 0.513. The number of thiazole rings is 1. The molecule has 74 valence electrons. The molecule has 14 heavy (non-hydrogen) atoms. The van der Waals surface area contributed by atoms with Gasteiger partial charge in [0, 0.05) is 0 Å². The van der Waals surface area contributed by atoms with Crippen LogP contribution in [-0.2, 0) is 0 Å². The fourth-order valence-corrected chi connectivity index (χ4v) is 2.59. The molecule has 0 aliphatic carbocycles. The number of rotatable bonds is 1. The molecule has 2 aromatic rings. The highest BCUT2D eigenvalue weighted by Crippen LogP contribution is 2.40. The highest BCUT2D eigenvalue weighted by atomic mass is 35.5. The number of fused-ring (bicyclic) bond motifs is 1. The van der Waals surface area contributed by atoms with E-state index in [1.165, 1.54) is 18.4 Å². The van der Waals surface area contributed by atoms with Crippen molar-refractivity contribution >= 4 is 49.9 Å². The van der Waals surface area contributed by atoms with Crippen molar-refractivity contribution in [3.63, 3.8) is 0 Å². The summed E-state index contributed by atoms with van der Waals surface area (Å²) in [4.78, 5) is 4.11. The molecule has 6 heteroatoms. The minimum absolute atomic E-state index is 0.440. The average Bonchev–Trinajstić information content (AvgIpc) is 2.48. The summed E-state index contributed by atoms with van der Waals surface area (Å²) in [7, 11) is 1.53. The third kappa shape index (κ3) is 1.39. The molecular formula is C8H6Cl2N2OS. The molecule has 0 aliphatic rings. The smallest absolute Gasteiger partial charge is 0.181 e. The third-order valence-corrected chi connectivity index (χ3v) is 3.36. The maximum atomic E-state index is 5.98. The van der Waals surface area contributed by atoms with Crippen LogP contribution in [0.1, 0.15) is 0 Å². The lowest BCUT2D eigenvalue weighted by Crippen LogP contribution is -1.87. The molecule has 1 aromatic heterocycles. The number of methoxy groups -OCH3 is 1. The van der Waals surface area contributed by atoms with Crippen molar-refractivity contribution in [2.45, 2.75) is 0 Å². The first-order chi connectivity index (χ1) is 6.63. The van der Waals surface area contributed by atoms with Crippen molar-refractivity contribution in [3.05, 3.63) is 16.1 Å². The number of hydrogen-bond donors (Lipinski definition) is 1. The van der Waals surface area contributed by atoms with Gasteiger partial charge < -0.3 is 10.5 Å². The molecule has 3 nitrogen and oxygen atoms in total. The van der Waals surface area contributed by atoms with E-state index in [0.717, 1.165) is 4.70 Å². The molecule has 2 rings (SSSR count). The van der Waals surface area contributed by atoms with Gasteiger partial charge in [-0.2, -0.15) is 0 Å². The minimum atomic E-state index is 0.440. The van der Waals surface area contributed by atoms with E-state index in [1.54, 1.807) is 6.07 Å². The van der Waals surface area contributed by atoms with Gasteiger partial charge in [0.25, 0.3) is 0 Å². The molecule has 0 fully saturated rings. The lowest BCUT2D eigenvalue weighted by Gasteiger charge is -2.03. The van der Waals surface area contributed by atoms with Crippen LogP contribution < -0.4 is 10.5 Å². The highest BCUT2D eigenvalue weighted by molar-refractivity contribution is 7.22. The van der Waals surface area contributed by atoms with E-state index in [-0.39, 0.29) is 0 Å². The van der Waals surface area contributed by atoms with Crippen molar-refractivity contribution in [3.8, 4) is 5.75 Å². The van der Waals surface area contributed by atoms with Gasteiger partial charge >= 0.3 is 0 Å². The molecule has 0 bridgehead atoms. The van der Waals surface area contributed by atoms with Crippen LogP contribution in [0.3, 0.4) is 0 Å². The third-order valence-electron chi connectivity index (χ3n) is 1.75. The first kappa shape index (κ1) is 9.83. The number of benzene rings is 1. The largest absolute Gasteiger partial charge is 0.493 e. The number of hydrogen-bond acceptors (Lipinski definition) is 4. The van der Waals surface area contributed by atoms with Crippen LogP contribution in [0.4, 0.5) is 5.13 Å². The molecule has 0 radical (unpaired) electrons. The predicted molar refractivity (Wildman–Crippen MR) is 60.6 cm³/mol. The Morgan fingerprint density at radius 1 is 1.43 bits per heavy atom. The molecule has 0 aliphatic heterocycles. The number of ether oxygens (including phenoxy) is 1. The monoisotopic (exact) mass is 248 g/mol. The van der Waals surface area contributed by atoms with Crippen molar-refractivity contribution < 1.29 is 4.74 Å². The maximum Gasteiger partial charge on any atom is 0.181 e. The summed E-state index contributed by atoms with van der Waals surface area (Å²) in [5, 5.41) is 1.43. The van der Waals surface area contributed by atoms with Gasteiger partial charge in [-0.25, -0.2) is 4.98 Å². The maximum absolute atomic E-state index is 5.98. The van der Waals surface area contributed by atoms with Gasteiger partial charge in [0.2, 0.25) is 0 Å². The fraction of sp³-hybridized carbons (Fsp3) is 0.125. The van der Waals surface area contributed by atoms with Crippen molar-refractivity contribution in [1.29, 1.82) is 0 Å². The predicted octanol–water partition coefficient (Wildman–Crippen LogP) is 3.19. The molecule has 2 N–H and O–H groups in total. The van der Waals surface area contributed by atoms with Gasteiger partial charge in [0.1, 0.15) is 5.52 Å². The molecule has 0 amide bonds. The van der Waals surface area contributed by atoms with Crippen LogP contribution in [0.15, 0.2) is 6.07 Å². The second-order valence-electron chi connectivity index (χ2n) is 2.60. The zero-order chi connectivity index (χ0) is 10.3. The number of anilines is 1. The first-order valence-electron chi connectivity index (χ1n) is 3.71. The van der Waals surface area contributed by atoms with Crippen LogP contribution in [-0.4, -0.2) is 12.1 Å². The van der Waals surface area contributed by atoms with Crippen LogP contribution in [0.5, 0.6) is 5.75 Å². The van der Waals surface area contributed by atoms with Crippen molar-refractivity contribution in [2.75, 3.05) is 12.8 Å². The van der Waals surface area contributed by atoms with Gasteiger partial charge in [0.15, 0.2) is 10.9 Å². The molecule has 1 aromatic carbocycles. The topological polar surface area (TPSA) is 48.1 Å². The Morgan fingerprint density at radius 3 is 2.79 bits per heavy atom. The number of halogens is 2. The van der Waals surface area contributed by atoms with Gasteiger partial charge in [-0.15, -0.1) is 0 Å². The van der Waals surface area contributed by atoms with Gasteiger partial charge in [-0.1, -0.05) is 34.5 Å². The molecule has 0 saturated carbocycles. The van der Waals surface area contributed by atoms with E-state index in [0.29, 0.717) is 26.4 Å². The number of nitrogens with zero attached hydrogens (tertiary/aromatic N) is 1. The fourth-order valence-electron chi connectivity index (χ4n) is 1.20. The van der Waals surface area contributed by atoms with E-state index in [9.17, 15) is 0 Å². The SMILES string of the molecule is COc1c(Cl)cc(Cl)c2sc(N)nc12. The Morgan fingerprint density at radius 2 is 2.14 bits per heavy atom. The van der Waals surface area contributed by atoms with Crippen LogP contribution >= 0.6 is 34.5 Å². The van der Waals surface area contributed by atoms with Crippen LogP contribution in [0.25, 0.3) is 10.2 Å². The Balaban J connectivity index is 2.89.